The highest BCUT2D eigenvalue weighted by molar-refractivity contribution is 7.98. The lowest BCUT2D eigenvalue weighted by Gasteiger charge is -2.06. The molecule has 0 bridgehead atoms. The maximum absolute atomic E-state index is 13.0. The number of thioether (sulfide) groups is 1. The largest absolute Gasteiger partial charge is 0.326 e. The standard InChI is InChI=1S/C15H14FNOS/c1-19-14-7-5-13(6-8-14)17-15(18)10-11-3-2-4-12(16)9-11/h2-9H,10H2,1H3,(H,17,18). The van der Waals surface area contributed by atoms with Crippen LogP contribution in [0.1, 0.15) is 5.56 Å². The highest BCUT2D eigenvalue weighted by atomic mass is 32.2. The van der Waals surface area contributed by atoms with Crippen molar-refractivity contribution in [2.24, 2.45) is 0 Å². The van der Waals surface area contributed by atoms with Gasteiger partial charge in [0.05, 0.1) is 6.42 Å². The van der Waals surface area contributed by atoms with Gasteiger partial charge in [-0.25, -0.2) is 4.39 Å². The molecule has 0 saturated carbocycles. The Morgan fingerprint density at radius 1 is 1.21 bits per heavy atom. The summed E-state index contributed by atoms with van der Waals surface area (Å²) in [5.74, 6) is -0.475. The predicted octanol–water partition coefficient (Wildman–Crippen LogP) is 3.73. The zero-order valence-electron chi connectivity index (χ0n) is 10.5. The Balaban J connectivity index is 1.97. The van der Waals surface area contributed by atoms with Crippen LogP contribution in [-0.2, 0) is 11.2 Å². The molecule has 2 rings (SSSR count). The Labute approximate surface area is 116 Å². The van der Waals surface area contributed by atoms with E-state index in [1.165, 1.54) is 12.1 Å². The second-order valence-electron chi connectivity index (χ2n) is 4.08. The minimum atomic E-state index is -0.324. The molecular formula is C15H14FNOS. The third-order valence-electron chi connectivity index (χ3n) is 2.63. The van der Waals surface area contributed by atoms with Gasteiger partial charge in [-0.15, -0.1) is 11.8 Å². The first-order chi connectivity index (χ1) is 9.17. The van der Waals surface area contributed by atoms with Crippen LogP contribution in [0.4, 0.5) is 10.1 Å². The van der Waals surface area contributed by atoms with Crippen molar-refractivity contribution in [2.75, 3.05) is 11.6 Å². The zero-order valence-corrected chi connectivity index (χ0v) is 11.3. The summed E-state index contributed by atoms with van der Waals surface area (Å²) >= 11 is 1.65. The molecule has 4 heteroatoms. The van der Waals surface area contributed by atoms with Crippen molar-refractivity contribution in [2.45, 2.75) is 11.3 Å². The molecule has 1 amide bonds. The molecule has 0 spiro atoms. The van der Waals surface area contributed by atoms with Gasteiger partial charge >= 0.3 is 0 Å². The number of carbonyl (C=O) groups is 1. The highest BCUT2D eigenvalue weighted by Gasteiger charge is 2.05. The average molecular weight is 275 g/mol. The average Bonchev–Trinajstić information content (AvgIpc) is 2.39. The fraction of sp³-hybridized carbons (Fsp3) is 0.133. The van der Waals surface area contributed by atoms with Gasteiger partial charge < -0.3 is 5.32 Å². The number of nitrogens with one attached hydrogen (secondary N) is 1. The number of carbonyl (C=O) groups excluding carboxylic acids is 1. The van der Waals surface area contributed by atoms with Crippen LogP contribution < -0.4 is 5.32 Å². The first-order valence-electron chi connectivity index (χ1n) is 5.86. The van der Waals surface area contributed by atoms with Crippen molar-refractivity contribution in [3.05, 3.63) is 59.9 Å². The third-order valence-corrected chi connectivity index (χ3v) is 3.37. The maximum Gasteiger partial charge on any atom is 0.228 e. The molecule has 0 radical (unpaired) electrons. The van der Waals surface area contributed by atoms with Crippen LogP contribution in [0, 0.1) is 5.82 Å². The number of hydrogen-bond donors (Lipinski definition) is 1. The summed E-state index contributed by atoms with van der Waals surface area (Å²) < 4.78 is 13.0. The highest BCUT2D eigenvalue weighted by Crippen LogP contribution is 2.17. The van der Waals surface area contributed by atoms with Gasteiger partial charge in [0.25, 0.3) is 0 Å². The number of amides is 1. The molecule has 0 fully saturated rings. The fourth-order valence-electron chi connectivity index (χ4n) is 1.71. The number of benzene rings is 2. The van der Waals surface area contributed by atoms with Gasteiger partial charge in [0.2, 0.25) is 5.91 Å². The minimum absolute atomic E-state index is 0.150. The van der Waals surface area contributed by atoms with Crippen molar-refractivity contribution in [3.8, 4) is 0 Å². The van der Waals surface area contributed by atoms with E-state index in [0.29, 0.717) is 5.56 Å². The van der Waals surface area contributed by atoms with E-state index in [2.05, 4.69) is 5.32 Å². The summed E-state index contributed by atoms with van der Waals surface area (Å²) in [5.41, 5.74) is 1.41. The van der Waals surface area contributed by atoms with Crippen LogP contribution in [0.15, 0.2) is 53.4 Å². The van der Waals surface area contributed by atoms with Crippen molar-refractivity contribution in [1.82, 2.24) is 0 Å². The Bertz CT molecular complexity index is 569. The van der Waals surface area contributed by atoms with Crippen molar-refractivity contribution in [3.63, 3.8) is 0 Å². The molecule has 0 heterocycles. The van der Waals surface area contributed by atoms with Crippen LogP contribution in [0.3, 0.4) is 0 Å². The lowest BCUT2D eigenvalue weighted by molar-refractivity contribution is -0.115. The summed E-state index contributed by atoms with van der Waals surface area (Å²) in [4.78, 5) is 13.0. The molecule has 1 N–H and O–H groups in total. The van der Waals surface area contributed by atoms with E-state index in [1.807, 2.05) is 30.5 Å². The summed E-state index contributed by atoms with van der Waals surface area (Å²) in [7, 11) is 0. The summed E-state index contributed by atoms with van der Waals surface area (Å²) in [6, 6.07) is 13.7. The molecule has 0 aromatic heterocycles. The summed E-state index contributed by atoms with van der Waals surface area (Å²) in [6.45, 7) is 0. The van der Waals surface area contributed by atoms with Crippen molar-refractivity contribution >= 4 is 23.4 Å². The molecule has 0 aliphatic heterocycles. The van der Waals surface area contributed by atoms with Gasteiger partial charge in [-0.05, 0) is 48.2 Å². The van der Waals surface area contributed by atoms with E-state index in [-0.39, 0.29) is 18.1 Å². The molecule has 19 heavy (non-hydrogen) atoms. The molecule has 0 atom stereocenters. The zero-order chi connectivity index (χ0) is 13.7. The van der Waals surface area contributed by atoms with Crippen LogP contribution in [-0.4, -0.2) is 12.2 Å². The molecule has 2 nitrogen and oxygen atoms in total. The second kappa shape index (κ2) is 6.38. The van der Waals surface area contributed by atoms with Gasteiger partial charge in [0.1, 0.15) is 5.82 Å². The lowest BCUT2D eigenvalue weighted by atomic mass is 10.1. The fourth-order valence-corrected chi connectivity index (χ4v) is 2.12. The minimum Gasteiger partial charge on any atom is -0.326 e. The van der Waals surface area contributed by atoms with E-state index in [4.69, 9.17) is 0 Å². The van der Waals surface area contributed by atoms with E-state index < -0.39 is 0 Å². The molecule has 0 saturated heterocycles. The quantitative estimate of drug-likeness (QED) is 0.861. The molecule has 2 aromatic carbocycles. The van der Waals surface area contributed by atoms with Gasteiger partial charge in [-0.2, -0.15) is 0 Å². The first kappa shape index (κ1) is 13.6. The van der Waals surface area contributed by atoms with E-state index in [9.17, 15) is 9.18 Å². The number of rotatable bonds is 4. The molecule has 0 aliphatic carbocycles. The van der Waals surface area contributed by atoms with Crippen LogP contribution in [0.25, 0.3) is 0 Å². The molecule has 2 aromatic rings. The monoisotopic (exact) mass is 275 g/mol. The SMILES string of the molecule is CSc1ccc(NC(=O)Cc2cccc(F)c2)cc1. The van der Waals surface area contributed by atoms with Crippen LogP contribution in [0.2, 0.25) is 0 Å². The van der Waals surface area contributed by atoms with Crippen molar-refractivity contribution < 1.29 is 9.18 Å². The van der Waals surface area contributed by atoms with Crippen LogP contribution in [0.5, 0.6) is 0 Å². The Morgan fingerprint density at radius 3 is 2.58 bits per heavy atom. The molecular weight excluding hydrogens is 261 g/mol. The van der Waals surface area contributed by atoms with Crippen LogP contribution >= 0.6 is 11.8 Å². The Kier molecular flexibility index (Phi) is 4.58. The summed E-state index contributed by atoms with van der Waals surface area (Å²) in [5, 5.41) is 2.79. The van der Waals surface area contributed by atoms with E-state index >= 15 is 0 Å². The van der Waals surface area contributed by atoms with Crippen molar-refractivity contribution in [1.29, 1.82) is 0 Å². The predicted molar refractivity (Wildman–Crippen MR) is 77.0 cm³/mol. The normalized spacial score (nSPS) is 10.2. The first-order valence-corrected chi connectivity index (χ1v) is 7.08. The smallest absolute Gasteiger partial charge is 0.228 e. The van der Waals surface area contributed by atoms with E-state index in [1.54, 1.807) is 23.9 Å². The van der Waals surface area contributed by atoms with E-state index in [0.717, 1.165) is 10.6 Å². The lowest BCUT2D eigenvalue weighted by Crippen LogP contribution is -2.14. The van der Waals surface area contributed by atoms with Gasteiger partial charge in [-0.3, -0.25) is 4.79 Å². The van der Waals surface area contributed by atoms with Gasteiger partial charge in [0.15, 0.2) is 0 Å². The Hall–Kier alpha value is -1.81. The number of halogens is 1. The topological polar surface area (TPSA) is 29.1 Å². The summed E-state index contributed by atoms with van der Waals surface area (Å²) in [6.07, 6.45) is 2.17. The van der Waals surface area contributed by atoms with Gasteiger partial charge in [-0.1, -0.05) is 12.1 Å². The molecule has 0 aliphatic rings. The number of anilines is 1. The molecule has 98 valence electrons. The van der Waals surface area contributed by atoms with Gasteiger partial charge in [0, 0.05) is 10.6 Å². The number of hydrogen-bond acceptors (Lipinski definition) is 2. The third kappa shape index (κ3) is 4.10. The maximum atomic E-state index is 13.0. The Morgan fingerprint density at radius 2 is 1.95 bits per heavy atom. The second-order valence-corrected chi connectivity index (χ2v) is 4.96. The molecule has 0 unspecified atom stereocenters.